The Balaban J connectivity index is 1.69. The Hall–Kier alpha value is -1.39. The van der Waals surface area contributed by atoms with Crippen LogP contribution in [0.5, 0.6) is 5.75 Å². The van der Waals surface area contributed by atoms with Crippen LogP contribution in [0.1, 0.15) is 30.1 Å². The molecule has 0 N–H and O–H groups in total. The number of hydrogen-bond donors (Lipinski definition) is 0. The van der Waals surface area contributed by atoms with E-state index in [1.807, 2.05) is 24.3 Å². The Morgan fingerprint density at radius 2 is 2.14 bits per heavy atom. The van der Waals surface area contributed by atoms with Crippen molar-refractivity contribution in [3.63, 3.8) is 0 Å². The van der Waals surface area contributed by atoms with Crippen LogP contribution in [0.15, 0.2) is 24.3 Å². The minimum absolute atomic E-state index is 0.158. The van der Waals surface area contributed by atoms with Crippen LogP contribution in [0.4, 0.5) is 0 Å². The van der Waals surface area contributed by atoms with E-state index in [4.69, 9.17) is 4.74 Å². The van der Waals surface area contributed by atoms with Crippen molar-refractivity contribution >= 4 is 5.78 Å². The minimum atomic E-state index is 0.158. The number of rotatable bonds is 4. The number of fused-ring (bicyclic) bond motifs is 1. The van der Waals surface area contributed by atoms with Gasteiger partial charge in [-0.15, -0.1) is 0 Å². The zero-order valence-corrected chi connectivity index (χ0v) is 12.9. The van der Waals surface area contributed by atoms with Crippen LogP contribution in [-0.2, 0) is 0 Å². The molecule has 4 heteroatoms. The number of methoxy groups -OCH3 is 1. The van der Waals surface area contributed by atoms with E-state index in [9.17, 15) is 4.79 Å². The lowest BCUT2D eigenvalue weighted by Gasteiger charge is -2.42. The monoisotopic (exact) mass is 288 g/mol. The Bertz CT molecular complexity index is 517. The minimum Gasteiger partial charge on any atom is -0.496 e. The number of carbonyl (C=O) groups is 1. The highest BCUT2D eigenvalue weighted by molar-refractivity contribution is 6.00. The number of benzene rings is 1. The molecular formula is C17H24N2O2. The molecule has 1 aromatic rings. The highest BCUT2D eigenvalue weighted by atomic mass is 16.5. The highest BCUT2D eigenvalue weighted by Gasteiger charge is 2.35. The second-order valence-electron chi connectivity index (χ2n) is 6.19. The zero-order chi connectivity index (χ0) is 14.8. The Labute approximate surface area is 126 Å². The lowest BCUT2D eigenvalue weighted by Crippen LogP contribution is -2.55. The van der Waals surface area contributed by atoms with E-state index in [0.29, 0.717) is 29.9 Å². The van der Waals surface area contributed by atoms with E-state index in [0.717, 1.165) is 13.1 Å². The molecule has 0 radical (unpaired) electrons. The van der Waals surface area contributed by atoms with Gasteiger partial charge in [0.25, 0.3) is 0 Å². The summed E-state index contributed by atoms with van der Waals surface area (Å²) >= 11 is 0. The topological polar surface area (TPSA) is 32.8 Å². The number of Topliss-reactive ketones (excluding diaryl/α,β-unsaturated/α-hetero) is 1. The van der Waals surface area contributed by atoms with E-state index in [1.54, 1.807) is 7.11 Å². The smallest absolute Gasteiger partial charge is 0.180 e. The molecule has 0 bridgehead atoms. The molecule has 3 rings (SSSR count). The highest BCUT2D eigenvalue weighted by Crippen LogP contribution is 2.25. The van der Waals surface area contributed by atoms with Gasteiger partial charge >= 0.3 is 0 Å². The van der Waals surface area contributed by atoms with E-state index in [1.165, 1.54) is 19.4 Å². The molecule has 2 unspecified atom stereocenters. The summed E-state index contributed by atoms with van der Waals surface area (Å²) in [5, 5.41) is 0. The summed E-state index contributed by atoms with van der Waals surface area (Å²) in [7, 11) is 1.62. The van der Waals surface area contributed by atoms with Gasteiger partial charge in [-0.25, -0.2) is 0 Å². The fraction of sp³-hybridized carbons (Fsp3) is 0.588. The third-order valence-electron chi connectivity index (χ3n) is 4.82. The van der Waals surface area contributed by atoms with E-state index < -0.39 is 0 Å². The van der Waals surface area contributed by atoms with Crippen LogP contribution < -0.4 is 4.74 Å². The number of ketones is 1. The lowest BCUT2D eigenvalue weighted by molar-refractivity contribution is 0.0534. The molecule has 2 saturated heterocycles. The molecule has 2 aliphatic heterocycles. The Kier molecular flexibility index (Phi) is 4.27. The van der Waals surface area contributed by atoms with Crippen LogP contribution in [-0.4, -0.2) is 61.0 Å². The number of nitrogens with zero attached hydrogens (tertiary/aromatic N) is 2. The molecule has 2 heterocycles. The standard InChI is InChI=1S/C17H24N2O2/c1-13-10-18-9-5-6-14(18)11-19(13)12-16(20)15-7-3-4-8-17(15)21-2/h3-4,7-8,13-14H,5-6,9-12H2,1-2H3. The average Bonchev–Trinajstić information content (AvgIpc) is 2.94. The number of piperazine rings is 1. The maximum Gasteiger partial charge on any atom is 0.180 e. The number of para-hydroxylation sites is 1. The quantitative estimate of drug-likeness (QED) is 0.794. The molecule has 114 valence electrons. The van der Waals surface area contributed by atoms with Crippen LogP contribution in [0, 0.1) is 0 Å². The van der Waals surface area contributed by atoms with Crippen molar-refractivity contribution in [2.75, 3.05) is 33.3 Å². The van der Waals surface area contributed by atoms with Crippen LogP contribution in [0.25, 0.3) is 0 Å². The molecule has 0 spiro atoms. The lowest BCUT2D eigenvalue weighted by atomic mass is 10.0. The molecule has 2 fully saturated rings. The molecule has 0 aliphatic carbocycles. The summed E-state index contributed by atoms with van der Waals surface area (Å²) in [4.78, 5) is 17.5. The van der Waals surface area contributed by atoms with Gasteiger partial charge in [-0.05, 0) is 38.4 Å². The molecule has 21 heavy (non-hydrogen) atoms. The van der Waals surface area contributed by atoms with Gasteiger partial charge in [0, 0.05) is 25.2 Å². The molecule has 2 aliphatic rings. The predicted molar refractivity (Wildman–Crippen MR) is 83.0 cm³/mol. The summed E-state index contributed by atoms with van der Waals surface area (Å²) in [6, 6.07) is 8.59. The first kappa shape index (κ1) is 14.5. The van der Waals surface area contributed by atoms with Crippen LogP contribution in [0.3, 0.4) is 0 Å². The SMILES string of the molecule is COc1ccccc1C(=O)CN1CC2CCCN2CC1C. The predicted octanol–water partition coefficient (Wildman–Crippen LogP) is 2.05. The van der Waals surface area contributed by atoms with Crippen molar-refractivity contribution in [2.24, 2.45) is 0 Å². The third kappa shape index (κ3) is 2.97. The molecule has 0 amide bonds. The molecule has 4 nitrogen and oxygen atoms in total. The van der Waals surface area contributed by atoms with Gasteiger partial charge in [0.2, 0.25) is 0 Å². The van der Waals surface area contributed by atoms with Crippen LogP contribution >= 0.6 is 0 Å². The summed E-state index contributed by atoms with van der Waals surface area (Å²) in [6.07, 6.45) is 2.57. The summed E-state index contributed by atoms with van der Waals surface area (Å²) in [5.41, 5.74) is 0.695. The van der Waals surface area contributed by atoms with Gasteiger partial charge in [-0.1, -0.05) is 12.1 Å². The summed E-state index contributed by atoms with van der Waals surface area (Å²) in [6.45, 7) is 6.05. The average molecular weight is 288 g/mol. The Morgan fingerprint density at radius 3 is 2.95 bits per heavy atom. The first-order valence-electron chi connectivity index (χ1n) is 7.83. The van der Waals surface area contributed by atoms with Gasteiger partial charge in [-0.2, -0.15) is 0 Å². The maximum atomic E-state index is 12.6. The van der Waals surface area contributed by atoms with Crippen molar-refractivity contribution in [3.05, 3.63) is 29.8 Å². The second-order valence-corrected chi connectivity index (χ2v) is 6.19. The first-order valence-corrected chi connectivity index (χ1v) is 7.83. The number of carbonyl (C=O) groups excluding carboxylic acids is 1. The Morgan fingerprint density at radius 1 is 1.33 bits per heavy atom. The summed E-state index contributed by atoms with van der Waals surface area (Å²) in [5.74, 6) is 0.834. The van der Waals surface area contributed by atoms with E-state index >= 15 is 0 Å². The molecule has 2 atom stereocenters. The normalized spacial score (nSPS) is 26.6. The van der Waals surface area contributed by atoms with Gasteiger partial charge in [0.15, 0.2) is 5.78 Å². The van der Waals surface area contributed by atoms with E-state index in [-0.39, 0.29) is 5.78 Å². The van der Waals surface area contributed by atoms with Crippen molar-refractivity contribution in [1.82, 2.24) is 9.80 Å². The van der Waals surface area contributed by atoms with Crippen molar-refractivity contribution < 1.29 is 9.53 Å². The van der Waals surface area contributed by atoms with Crippen molar-refractivity contribution in [1.29, 1.82) is 0 Å². The van der Waals surface area contributed by atoms with Crippen molar-refractivity contribution in [2.45, 2.75) is 31.8 Å². The first-order chi connectivity index (χ1) is 10.2. The largest absolute Gasteiger partial charge is 0.496 e. The number of hydrogen-bond acceptors (Lipinski definition) is 4. The maximum absolute atomic E-state index is 12.6. The zero-order valence-electron chi connectivity index (χ0n) is 12.9. The fourth-order valence-corrected chi connectivity index (χ4v) is 3.61. The molecule has 1 aromatic carbocycles. The van der Waals surface area contributed by atoms with Gasteiger partial charge in [0.05, 0.1) is 19.2 Å². The third-order valence-corrected chi connectivity index (χ3v) is 4.82. The second kappa shape index (κ2) is 6.16. The fourth-order valence-electron chi connectivity index (χ4n) is 3.61. The van der Waals surface area contributed by atoms with Gasteiger partial charge in [0.1, 0.15) is 5.75 Å². The molecule has 0 aromatic heterocycles. The van der Waals surface area contributed by atoms with Gasteiger partial charge < -0.3 is 4.74 Å². The molecular weight excluding hydrogens is 264 g/mol. The van der Waals surface area contributed by atoms with Crippen molar-refractivity contribution in [3.8, 4) is 5.75 Å². The number of ether oxygens (including phenoxy) is 1. The summed E-state index contributed by atoms with van der Waals surface area (Å²) < 4.78 is 5.30. The molecule has 0 saturated carbocycles. The van der Waals surface area contributed by atoms with Gasteiger partial charge in [-0.3, -0.25) is 14.6 Å². The van der Waals surface area contributed by atoms with E-state index in [2.05, 4.69) is 16.7 Å². The van der Waals surface area contributed by atoms with Crippen LogP contribution in [0.2, 0.25) is 0 Å².